The van der Waals surface area contributed by atoms with Crippen LogP contribution in [-0.2, 0) is 6.18 Å². The molecule has 0 saturated carbocycles. The van der Waals surface area contributed by atoms with Crippen LogP contribution in [0, 0.1) is 0 Å². The number of aromatic nitrogens is 3. The summed E-state index contributed by atoms with van der Waals surface area (Å²) in [7, 11) is 0. The molecule has 2 aromatic carbocycles. The zero-order valence-corrected chi connectivity index (χ0v) is 15.0. The summed E-state index contributed by atoms with van der Waals surface area (Å²) >= 11 is 1.23. The van der Waals surface area contributed by atoms with Gasteiger partial charge in [-0.3, -0.25) is 0 Å². The van der Waals surface area contributed by atoms with E-state index >= 15 is 0 Å². The molecule has 0 bridgehead atoms. The predicted molar refractivity (Wildman–Crippen MR) is 101 cm³/mol. The van der Waals surface area contributed by atoms with E-state index in [1.807, 2.05) is 6.07 Å². The van der Waals surface area contributed by atoms with E-state index in [1.54, 1.807) is 30.3 Å². The van der Waals surface area contributed by atoms with Crippen molar-refractivity contribution >= 4 is 27.4 Å². The van der Waals surface area contributed by atoms with Crippen LogP contribution in [0.2, 0.25) is 0 Å². The van der Waals surface area contributed by atoms with Gasteiger partial charge < -0.3 is 10.4 Å². The number of aliphatic hydroxyl groups is 1. The highest BCUT2D eigenvalue weighted by atomic mass is 32.1. The average Bonchev–Trinajstić information content (AvgIpc) is 3.19. The van der Waals surface area contributed by atoms with Crippen molar-refractivity contribution in [3.63, 3.8) is 0 Å². The molecule has 0 amide bonds. The van der Waals surface area contributed by atoms with Crippen molar-refractivity contribution in [3.05, 3.63) is 71.2 Å². The molecule has 1 unspecified atom stereocenters. The number of hydrogen-bond acceptors (Lipinski definition) is 6. The van der Waals surface area contributed by atoms with E-state index in [4.69, 9.17) is 0 Å². The van der Waals surface area contributed by atoms with Crippen molar-refractivity contribution in [3.8, 4) is 11.3 Å². The Morgan fingerprint density at radius 1 is 1.04 bits per heavy atom. The molecule has 0 aliphatic heterocycles. The Labute approximate surface area is 161 Å². The van der Waals surface area contributed by atoms with Crippen LogP contribution in [0.15, 0.2) is 60.1 Å². The van der Waals surface area contributed by atoms with Gasteiger partial charge in [-0.1, -0.05) is 47.7 Å². The Morgan fingerprint density at radius 2 is 1.86 bits per heavy atom. The predicted octanol–water partition coefficient (Wildman–Crippen LogP) is 4.88. The molecule has 2 aromatic heterocycles. The minimum atomic E-state index is -4.43. The van der Waals surface area contributed by atoms with Crippen molar-refractivity contribution in [1.29, 1.82) is 0 Å². The fourth-order valence-electron chi connectivity index (χ4n) is 2.84. The molecule has 0 spiro atoms. The lowest BCUT2D eigenvalue weighted by atomic mass is 10.0. The number of rotatable bonds is 4. The van der Waals surface area contributed by atoms with Crippen LogP contribution in [0.25, 0.3) is 22.2 Å². The topological polar surface area (TPSA) is 70.9 Å². The fraction of sp³-hybridized carbons (Fsp3) is 0.105. The Bertz CT molecular complexity index is 1120. The SMILES string of the molecule is OC(Nc1nncs1)c1cccc2ccc(-c3cccc(C(F)(F)F)c3)nc12. The maximum Gasteiger partial charge on any atom is 0.416 e. The quantitative estimate of drug-likeness (QED) is 0.477. The summed E-state index contributed by atoms with van der Waals surface area (Å²) in [6, 6.07) is 13.7. The standard InChI is InChI=1S/C19H13F3N4OS/c20-19(21,22)13-5-1-4-12(9-13)15-8-7-11-3-2-6-14(16(11)24-15)17(27)25-18-26-23-10-28-18/h1-10,17,27H,(H,25,26). The zero-order chi connectivity index (χ0) is 19.7. The Kier molecular flexibility index (Phi) is 4.70. The largest absolute Gasteiger partial charge is 0.416 e. The van der Waals surface area contributed by atoms with E-state index < -0.39 is 18.0 Å². The van der Waals surface area contributed by atoms with Crippen LogP contribution in [0.5, 0.6) is 0 Å². The first-order valence-corrected chi connectivity index (χ1v) is 9.08. The number of pyridine rings is 1. The molecular weight excluding hydrogens is 389 g/mol. The molecule has 28 heavy (non-hydrogen) atoms. The first kappa shape index (κ1) is 18.3. The van der Waals surface area contributed by atoms with Gasteiger partial charge in [-0.15, -0.1) is 10.2 Å². The third kappa shape index (κ3) is 3.67. The van der Waals surface area contributed by atoms with Crippen LogP contribution >= 0.6 is 11.3 Å². The molecule has 9 heteroatoms. The van der Waals surface area contributed by atoms with E-state index in [9.17, 15) is 18.3 Å². The molecule has 4 aromatic rings. The normalized spacial score (nSPS) is 12.9. The number of aliphatic hydroxyl groups excluding tert-OH is 1. The highest BCUT2D eigenvalue weighted by molar-refractivity contribution is 7.13. The number of fused-ring (bicyclic) bond motifs is 1. The summed E-state index contributed by atoms with van der Waals surface area (Å²) in [6.45, 7) is 0. The van der Waals surface area contributed by atoms with Crippen LogP contribution in [0.1, 0.15) is 17.4 Å². The summed E-state index contributed by atoms with van der Waals surface area (Å²) in [5.41, 5.74) is 2.50. The van der Waals surface area contributed by atoms with Gasteiger partial charge in [0.05, 0.1) is 16.8 Å². The van der Waals surface area contributed by atoms with E-state index in [1.165, 1.54) is 22.9 Å². The number of nitrogens with one attached hydrogen (secondary N) is 1. The molecule has 142 valence electrons. The Balaban J connectivity index is 1.76. The second-order valence-corrected chi connectivity index (χ2v) is 6.82. The van der Waals surface area contributed by atoms with Gasteiger partial charge in [0.1, 0.15) is 5.51 Å². The smallest absolute Gasteiger partial charge is 0.369 e. The number of para-hydroxylation sites is 1. The van der Waals surface area contributed by atoms with Crippen LogP contribution in [0.4, 0.5) is 18.3 Å². The minimum Gasteiger partial charge on any atom is -0.369 e. The molecule has 4 rings (SSSR count). The van der Waals surface area contributed by atoms with Crippen molar-refractivity contribution in [2.75, 3.05) is 5.32 Å². The third-order valence-electron chi connectivity index (χ3n) is 4.15. The van der Waals surface area contributed by atoms with Crippen molar-refractivity contribution in [2.45, 2.75) is 12.4 Å². The second-order valence-electron chi connectivity index (χ2n) is 5.98. The van der Waals surface area contributed by atoms with E-state index in [0.29, 0.717) is 27.5 Å². The average molecular weight is 402 g/mol. The minimum absolute atomic E-state index is 0.345. The monoisotopic (exact) mass is 402 g/mol. The van der Waals surface area contributed by atoms with Crippen LogP contribution < -0.4 is 5.32 Å². The maximum absolute atomic E-state index is 13.0. The van der Waals surface area contributed by atoms with Gasteiger partial charge in [0.15, 0.2) is 6.23 Å². The van der Waals surface area contributed by atoms with E-state index in [0.717, 1.165) is 17.5 Å². The molecule has 5 nitrogen and oxygen atoms in total. The van der Waals surface area contributed by atoms with E-state index in [-0.39, 0.29) is 0 Å². The van der Waals surface area contributed by atoms with Crippen molar-refractivity contribution in [2.24, 2.45) is 0 Å². The lowest BCUT2D eigenvalue weighted by molar-refractivity contribution is -0.137. The van der Waals surface area contributed by atoms with Crippen LogP contribution in [-0.4, -0.2) is 20.3 Å². The van der Waals surface area contributed by atoms with Gasteiger partial charge in [-0.2, -0.15) is 13.2 Å². The molecule has 0 aliphatic rings. The highest BCUT2D eigenvalue weighted by Crippen LogP contribution is 2.33. The molecule has 2 N–H and O–H groups in total. The molecule has 0 radical (unpaired) electrons. The molecule has 0 fully saturated rings. The lowest BCUT2D eigenvalue weighted by Gasteiger charge is -2.15. The van der Waals surface area contributed by atoms with Crippen molar-refractivity contribution < 1.29 is 18.3 Å². The van der Waals surface area contributed by atoms with Gasteiger partial charge in [0, 0.05) is 16.5 Å². The molecule has 1 atom stereocenters. The summed E-state index contributed by atoms with van der Waals surface area (Å²) in [5, 5.41) is 22.1. The first-order chi connectivity index (χ1) is 13.4. The Morgan fingerprint density at radius 3 is 2.61 bits per heavy atom. The van der Waals surface area contributed by atoms with E-state index in [2.05, 4.69) is 20.5 Å². The second kappa shape index (κ2) is 7.17. The van der Waals surface area contributed by atoms with Crippen molar-refractivity contribution in [1.82, 2.24) is 15.2 Å². The number of hydrogen-bond donors (Lipinski definition) is 2. The van der Waals surface area contributed by atoms with Gasteiger partial charge in [0.25, 0.3) is 0 Å². The molecule has 0 saturated heterocycles. The number of benzene rings is 2. The summed E-state index contributed by atoms with van der Waals surface area (Å²) in [4.78, 5) is 4.52. The number of nitrogens with zero attached hydrogens (tertiary/aromatic N) is 3. The fourth-order valence-corrected chi connectivity index (χ4v) is 3.31. The van der Waals surface area contributed by atoms with Crippen LogP contribution in [0.3, 0.4) is 0 Å². The first-order valence-electron chi connectivity index (χ1n) is 8.20. The third-order valence-corrected chi connectivity index (χ3v) is 4.77. The number of halogens is 3. The number of anilines is 1. The molecular formula is C19H13F3N4OS. The summed E-state index contributed by atoms with van der Waals surface area (Å²) in [5.74, 6) is 0. The highest BCUT2D eigenvalue weighted by Gasteiger charge is 2.30. The Hall–Kier alpha value is -3.04. The number of alkyl halides is 3. The van der Waals surface area contributed by atoms with Gasteiger partial charge in [-0.05, 0) is 18.2 Å². The zero-order valence-electron chi connectivity index (χ0n) is 14.2. The van der Waals surface area contributed by atoms with Gasteiger partial charge in [-0.25, -0.2) is 4.98 Å². The molecule has 0 aliphatic carbocycles. The lowest BCUT2D eigenvalue weighted by Crippen LogP contribution is -2.10. The van der Waals surface area contributed by atoms with Gasteiger partial charge >= 0.3 is 6.18 Å². The summed E-state index contributed by atoms with van der Waals surface area (Å²) in [6.07, 6.45) is -5.53. The summed E-state index contributed by atoms with van der Waals surface area (Å²) < 4.78 is 39.0. The van der Waals surface area contributed by atoms with Gasteiger partial charge in [0.2, 0.25) is 5.13 Å². The maximum atomic E-state index is 13.0. The molecule has 2 heterocycles.